The Morgan fingerprint density at radius 3 is 1.85 bits per heavy atom. The third kappa shape index (κ3) is 9.80. The molecule has 184 valence electrons. The molecule has 34 heavy (non-hydrogen) atoms. The van der Waals surface area contributed by atoms with Gasteiger partial charge in [0.15, 0.2) is 13.2 Å². The molecule has 0 spiro atoms. The highest BCUT2D eigenvalue weighted by atomic mass is 35.5. The van der Waals surface area contributed by atoms with E-state index in [0.29, 0.717) is 0 Å². The SMILES string of the molecule is CC(=O)O[C@@H](CCNC(=O)COc1ccc(Cl)c(F)c1)CNC(=O)COc1ccc(Cl)c(F)c1. The molecule has 0 aromatic heterocycles. The maximum atomic E-state index is 13.4. The quantitative estimate of drug-likeness (QED) is 0.418. The molecule has 2 N–H and O–H groups in total. The smallest absolute Gasteiger partial charge is 0.302 e. The fourth-order valence-corrected chi connectivity index (χ4v) is 2.81. The lowest BCUT2D eigenvalue weighted by molar-refractivity contribution is -0.147. The van der Waals surface area contributed by atoms with Gasteiger partial charge < -0.3 is 24.8 Å². The van der Waals surface area contributed by atoms with E-state index in [9.17, 15) is 23.2 Å². The summed E-state index contributed by atoms with van der Waals surface area (Å²) in [4.78, 5) is 35.2. The highest BCUT2D eigenvalue weighted by Gasteiger charge is 2.15. The van der Waals surface area contributed by atoms with Crippen LogP contribution in [-0.2, 0) is 19.1 Å². The van der Waals surface area contributed by atoms with Crippen LogP contribution in [0.4, 0.5) is 8.78 Å². The van der Waals surface area contributed by atoms with Crippen molar-refractivity contribution in [2.75, 3.05) is 26.3 Å². The van der Waals surface area contributed by atoms with Crippen LogP contribution in [0.5, 0.6) is 11.5 Å². The lowest BCUT2D eigenvalue weighted by Gasteiger charge is -2.18. The Kier molecular flexibility index (Phi) is 10.8. The van der Waals surface area contributed by atoms with E-state index in [0.717, 1.165) is 12.1 Å². The number of esters is 1. The minimum absolute atomic E-state index is 0.0345. The van der Waals surface area contributed by atoms with E-state index in [1.54, 1.807) is 0 Å². The number of rotatable bonds is 12. The van der Waals surface area contributed by atoms with Crippen molar-refractivity contribution in [3.05, 3.63) is 58.1 Å². The molecule has 0 aliphatic heterocycles. The summed E-state index contributed by atoms with van der Waals surface area (Å²) in [6.07, 6.45) is -0.522. The number of halogens is 4. The molecule has 0 heterocycles. The Balaban J connectivity index is 1.71. The van der Waals surface area contributed by atoms with Crippen LogP contribution in [0.2, 0.25) is 10.0 Å². The monoisotopic (exact) mass is 518 g/mol. The van der Waals surface area contributed by atoms with Gasteiger partial charge in [-0.2, -0.15) is 0 Å². The summed E-state index contributed by atoms with van der Waals surface area (Å²) >= 11 is 11.2. The lowest BCUT2D eigenvalue weighted by Crippen LogP contribution is -2.39. The third-order valence-electron chi connectivity index (χ3n) is 4.17. The van der Waals surface area contributed by atoms with Crippen LogP contribution in [0.25, 0.3) is 0 Å². The second-order valence-corrected chi connectivity index (χ2v) is 7.72. The largest absolute Gasteiger partial charge is 0.484 e. The van der Waals surface area contributed by atoms with E-state index >= 15 is 0 Å². The number of benzene rings is 2. The molecule has 0 fully saturated rings. The van der Waals surface area contributed by atoms with Crippen LogP contribution in [0.15, 0.2) is 36.4 Å². The van der Waals surface area contributed by atoms with Crippen molar-refractivity contribution in [3.8, 4) is 11.5 Å². The molecule has 0 saturated heterocycles. The molecule has 2 aromatic carbocycles. The van der Waals surface area contributed by atoms with E-state index in [-0.39, 0.29) is 47.7 Å². The van der Waals surface area contributed by atoms with Crippen molar-refractivity contribution in [3.63, 3.8) is 0 Å². The van der Waals surface area contributed by atoms with Gasteiger partial charge in [0, 0.05) is 32.0 Å². The average Bonchev–Trinajstić information content (AvgIpc) is 2.78. The van der Waals surface area contributed by atoms with Crippen molar-refractivity contribution in [2.24, 2.45) is 0 Å². The molecule has 2 aromatic rings. The van der Waals surface area contributed by atoms with Gasteiger partial charge in [0.25, 0.3) is 11.8 Å². The Morgan fingerprint density at radius 2 is 1.38 bits per heavy atom. The lowest BCUT2D eigenvalue weighted by atomic mass is 10.2. The van der Waals surface area contributed by atoms with E-state index in [2.05, 4.69) is 10.6 Å². The number of nitrogens with one attached hydrogen (secondary N) is 2. The first-order valence-electron chi connectivity index (χ1n) is 10.0. The number of carbonyl (C=O) groups is 3. The molecule has 0 unspecified atom stereocenters. The second kappa shape index (κ2) is 13.6. The van der Waals surface area contributed by atoms with Crippen molar-refractivity contribution in [2.45, 2.75) is 19.4 Å². The van der Waals surface area contributed by atoms with Gasteiger partial charge in [0.05, 0.1) is 16.6 Å². The van der Waals surface area contributed by atoms with Crippen molar-refractivity contribution >= 4 is 41.0 Å². The van der Waals surface area contributed by atoms with E-state index < -0.39 is 42.1 Å². The average molecular weight is 519 g/mol. The first-order valence-corrected chi connectivity index (χ1v) is 10.8. The highest BCUT2D eigenvalue weighted by molar-refractivity contribution is 6.31. The Labute approximate surface area is 204 Å². The zero-order chi connectivity index (χ0) is 25.1. The van der Waals surface area contributed by atoms with Crippen molar-refractivity contribution < 1.29 is 37.4 Å². The molecule has 1 atom stereocenters. The molecule has 2 amide bonds. The van der Waals surface area contributed by atoms with Crippen LogP contribution < -0.4 is 20.1 Å². The summed E-state index contributed by atoms with van der Waals surface area (Å²) in [5.74, 6) is -2.66. The molecular formula is C22H22Cl2F2N2O6. The maximum absolute atomic E-state index is 13.4. The minimum Gasteiger partial charge on any atom is -0.484 e. The van der Waals surface area contributed by atoms with Crippen LogP contribution in [0.3, 0.4) is 0 Å². The number of hydrogen-bond donors (Lipinski definition) is 2. The van der Waals surface area contributed by atoms with Crippen LogP contribution in [0.1, 0.15) is 13.3 Å². The molecule has 12 heteroatoms. The van der Waals surface area contributed by atoms with Crippen molar-refractivity contribution in [1.82, 2.24) is 10.6 Å². The predicted octanol–water partition coefficient (Wildman–Crippen LogP) is 3.28. The molecule has 0 saturated carbocycles. The summed E-state index contributed by atoms with van der Waals surface area (Å²) in [5, 5.41) is 4.97. The van der Waals surface area contributed by atoms with Gasteiger partial charge in [-0.1, -0.05) is 23.2 Å². The summed E-state index contributed by atoms with van der Waals surface area (Å²) < 4.78 is 42.3. The normalized spacial score (nSPS) is 11.3. The summed E-state index contributed by atoms with van der Waals surface area (Å²) in [5.41, 5.74) is 0. The molecule has 0 aliphatic carbocycles. The summed E-state index contributed by atoms with van der Waals surface area (Å²) in [6, 6.07) is 7.55. The Bertz CT molecular complexity index is 1020. The molecule has 0 radical (unpaired) electrons. The molecular weight excluding hydrogens is 497 g/mol. The second-order valence-electron chi connectivity index (χ2n) is 6.90. The van der Waals surface area contributed by atoms with Gasteiger partial charge in [-0.25, -0.2) is 8.78 Å². The van der Waals surface area contributed by atoms with Gasteiger partial charge in [-0.05, 0) is 24.3 Å². The zero-order valence-corrected chi connectivity index (χ0v) is 19.6. The Morgan fingerprint density at radius 1 is 0.882 bits per heavy atom. The molecule has 2 rings (SSSR count). The molecule has 8 nitrogen and oxygen atoms in total. The number of hydrogen-bond acceptors (Lipinski definition) is 6. The topological polar surface area (TPSA) is 103 Å². The first kappa shape index (κ1) is 27.1. The number of amides is 2. The zero-order valence-electron chi connectivity index (χ0n) is 18.0. The van der Waals surface area contributed by atoms with Crippen LogP contribution in [0, 0.1) is 11.6 Å². The van der Waals surface area contributed by atoms with Gasteiger partial charge in [-0.3, -0.25) is 14.4 Å². The van der Waals surface area contributed by atoms with E-state index in [1.165, 1.54) is 31.2 Å². The fraction of sp³-hybridized carbons (Fsp3) is 0.318. The maximum Gasteiger partial charge on any atom is 0.302 e. The van der Waals surface area contributed by atoms with Gasteiger partial charge in [0.1, 0.15) is 29.2 Å². The van der Waals surface area contributed by atoms with Crippen molar-refractivity contribution in [1.29, 1.82) is 0 Å². The van der Waals surface area contributed by atoms with E-state index in [1.807, 2.05) is 0 Å². The number of carbonyl (C=O) groups excluding carboxylic acids is 3. The predicted molar refractivity (Wildman–Crippen MR) is 120 cm³/mol. The fourth-order valence-electron chi connectivity index (χ4n) is 2.57. The molecule has 0 aliphatic rings. The van der Waals surface area contributed by atoms with Gasteiger partial charge in [-0.15, -0.1) is 0 Å². The first-order chi connectivity index (χ1) is 16.1. The highest BCUT2D eigenvalue weighted by Crippen LogP contribution is 2.21. The van der Waals surface area contributed by atoms with Crippen LogP contribution in [-0.4, -0.2) is 50.2 Å². The summed E-state index contributed by atoms with van der Waals surface area (Å²) in [7, 11) is 0. The minimum atomic E-state index is -0.721. The standard InChI is InChI=1S/C22H22Cl2F2N2O6/c1-13(29)34-16(10-28-22(31)12-33-15-3-5-18(24)20(26)9-15)6-7-27-21(30)11-32-14-2-4-17(23)19(25)8-14/h2-5,8-9,16H,6-7,10-12H2,1H3,(H,27,30)(H,28,31)/t16-/m0/s1. The molecule has 0 bridgehead atoms. The van der Waals surface area contributed by atoms with Crippen LogP contribution >= 0.6 is 23.2 Å². The third-order valence-corrected chi connectivity index (χ3v) is 4.78. The van der Waals surface area contributed by atoms with E-state index in [4.69, 9.17) is 37.4 Å². The van der Waals surface area contributed by atoms with Gasteiger partial charge in [0.2, 0.25) is 0 Å². The summed E-state index contributed by atoms with van der Waals surface area (Å²) in [6.45, 7) is 0.537. The van der Waals surface area contributed by atoms with Gasteiger partial charge >= 0.3 is 5.97 Å². The Hall–Kier alpha value is -3.11. The number of ether oxygens (including phenoxy) is 3.